The molecular weight excluding hydrogens is 251 g/mol. The standard InChI is InChI=1S/C15H27BN2O2/c1-17-8-3-2-6-13(17)10-18-9-12(5-4-7-16)14(11-18)15(19)20/h12-14H,2-11H2,1H3,(H,19,20)/t12-,13?,14+/m0/s1. The third-order valence-corrected chi connectivity index (χ3v) is 5.00. The predicted molar refractivity (Wildman–Crippen MR) is 81.1 cm³/mol. The number of carboxylic acids is 1. The van der Waals surface area contributed by atoms with Gasteiger partial charge in [0.25, 0.3) is 0 Å². The van der Waals surface area contributed by atoms with Gasteiger partial charge in [0.1, 0.15) is 0 Å². The minimum absolute atomic E-state index is 0.199. The van der Waals surface area contributed by atoms with Crippen molar-refractivity contribution in [2.75, 3.05) is 33.2 Å². The van der Waals surface area contributed by atoms with Gasteiger partial charge in [-0.2, -0.15) is 0 Å². The first-order chi connectivity index (χ1) is 9.61. The second kappa shape index (κ2) is 7.46. The number of hydrogen-bond donors (Lipinski definition) is 1. The lowest BCUT2D eigenvalue weighted by Gasteiger charge is -2.35. The van der Waals surface area contributed by atoms with E-state index in [1.54, 1.807) is 0 Å². The van der Waals surface area contributed by atoms with Crippen LogP contribution in [0.1, 0.15) is 32.1 Å². The van der Waals surface area contributed by atoms with Crippen molar-refractivity contribution in [2.45, 2.75) is 44.5 Å². The Morgan fingerprint density at radius 2 is 2.15 bits per heavy atom. The highest BCUT2D eigenvalue weighted by Gasteiger charge is 2.38. The van der Waals surface area contributed by atoms with Crippen molar-refractivity contribution in [3.05, 3.63) is 0 Å². The van der Waals surface area contributed by atoms with Crippen LogP contribution >= 0.6 is 0 Å². The topological polar surface area (TPSA) is 43.8 Å². The molecule has 0 saturated carbocycles. The number of likely N-dealkylation sites (N-methyl/N-ethyl adjacent to an activating group) is 1. The molecule has 5 heteroatoms. The molecule has 2 radical (unpaired) electrons. The number of hydrogen-bond acceptors (Lipinski definition) is 3. The van der Waals surface area contributed by atoms with Gasteiger partial charge in [-0.15, -0.1) is 0 Å². The molecule has 3 atom stereocenters. The number of rotatable bonds is 6. The first kappa shape index (κ1) is 15.8. The lowest BCUT2D eigenvalue weighted by atomic mass is 9.88. The Labute approximate surface area is 123 Å². The summed E-state index contributed by atoms with van der Waals surface area (Å²) < 4.78 is 0. The highest BCUT2D eigenvalue weighted by molar-refractivity contribution is 6.08. The van der Waals surface area contributed by atoms with E-state index >= 15 is 0 Å². The van der Waals surface area contributed by atoms with E-state index in [2.05, 4.69) is 16.8 Å². The summed E-state index contributed by atoms with van der Waals surface area (Å²) in [5.74, 6) is -0.549. The molecule has 1 N–H and O–H groups in total. The SMILES string of the molecule is [B]CCC[C@H]1CN(CC2CCCCN2C)C[C@H]1C(=O)O. The van der Waals surface area contributed by atoms with E-state index in [1.165, 1.54) is 25.8 Å². The third kappa shape index (κ3) is 3.98. The van der Waals surface area contributed by atoms with Crippen molar-refractivity contribution in [1.82, 2.24) is 9.80 Å². The first-order valence-electron chi connectivity index (χ1n) is 7.97. The summed E-state index contributed by atoms with van der Waals surface area (Å²) in [7, 11) is 7.76. The van der Waals surface area contributed by atoms with E-state index in [-0.39, 0.29) is 11.8 Å². The van der Waals surface area contributed by atoms with E-state index in [1.807, 2.05) is 0 Å². The average molecular weight is 278 g/mol. The first-order valence-corrected chi connectivity index (χ1v) is 7.97. The Kier molecular flexibility index (Phi) is 5.91. The molecule has 0 amide bonds. The molecule has 2 saturated heterocycles. The summed E-state index contributed by atoms with van der Waals surface area (Å²) in [5, 5.41) is 9.39. The number of piperidine rings is 1. The summed E-state index contributed by atoms with van der Waals surface area (Å²) in [5.41, 5.74) is 0. The maximum Gasteiger partial charge on any atom is 0.308 e. The molecule has 2 aliphatic heterocycles. The van der Waals surface area contributed by atoms with E-state index < -0.39 is 5.97 Å². The van der Waals surface area contributed by atoms with Crippen molar-refractivity contribution in [3.63, 3.8) is 0 Å². The minimum Gasteiger partial charge on any atom is -0.481 e. The maximum atomic E-state index is 11.4. The van der Waals surface area contributed by atoms with Gasteiger partial charge in [0.2, 0.25) is 0 Å². The molecule has 2 fully saturated rings. The van der Waals surface area contributed by atoms with Crippen LogP contribution in [0.2, 0.25) is 6.32 Å². The molecule has 4 nitrogen and oxygen atoms in total. The monoisotopic (exact) mass is 278 g/mol. The Morgan fingerprint density at radius 1 is 1.35 bits per heavy atom. The molecule has 0 spiro atoms. The predicted octanol–water partition coefficient (Wildman–Crippen LogP) is 1.47. The van der Waals surface area contributed by atoms with Gasteiger partial charge in [-0.3, -0.25) is 4.79 Å². The fourth-order valence-corrected chi connectivity index (χ4v) is 3.73. The van der Waals surface area contributed by atoms with E-state index in [0.717, 1.165) is 32.5 Å². The number of aliphatic carboxylic acids is 1. The normalized spacial score (nSPS) is 32.5. The average Bonchev–Trinajstić information content (AvgIpc) is 2.82. The lowest BCUT2D eigenvalue weighted by molar-refractivity contribution is -0.142. The Hall–Kier alpha value is -0.545. The highest BCUT2D eigenvalue weighted by Crippen LogP contribution is 2.29. The fraction of sp³-hybridized carbons (Fsp3) is 0.933. The highest BCUT2D eigenvalue weighted by atomic mass is 16.4. The van der Waals surface area contributed by atoms with Gasteiger partial charge in [-0.1, -0.05) is 19.2 Å². The van der Waals surface area contributed by atoms with Crippen molar-refractivity contribution in [3.8, 4) is 0 Å². The van der Waals surface area contributed by atoms with Crippen LogP contribution in [-0.4, -0.2) is 68.0 Å². The quantitative estimate of drug-likeness (QED) is 0.747. The van der Waals surface area contributed by atoms with Gasteiger partial charge >= 0.3 is 5.97 Å². The van der Waals surface area contributed by atoms with Crippen LogP contribution in [0.5, 0.6) is 0 Å². The molecule has 2 heterocycles. The zero-order valence-corrected chi connectivity index (χ0v) is 12.6. The van der Waals surface area contributed by atoms with Gasteiger partial charge in [0.05, 0.1) is 13.8 Å². The summed E-state index contributed by atoms with van der Waals surface area (Å²) in [4.78, 5) is 16.2. The molecule has 0 aromatic carbocycles. The Balaban J connectivity index is 1.88. The van der Waals surface area contributed by atoms with Crippen molar-refractivity contribution < 1.29 is 9.90 Å². The molecule has 1 unspecified atom stereocenters. The Morgan fingerprint density at radius 3 is 2.80 bits per heavy atom. The largest absolute Gasteiger partial charge is 0.481 e. The zero-order chi connectivity index (χ0) is 14.5. The van der Waals surface area contributed by atoms with Gasteiger partial charge in [0.15, 0.2) is 0 Å². The molecule has 2 aliphatic rings. The molecular formula is C15H27BN2O2. The van der Waals surface area contributed by atoms with Crippen molar-refractivity contribution >= 4 is 13.8 Å². The van der Waals surface area contributed by atoms with Crippen LogP contribution in [0.25, 0.3) is 0 Å². The Bertz CT molecular complexity index is 327. The molecule has 2 rings (SSSR count). The number of likely N-dealkylation sites (tertiary alicyclic amines) is 2. The molecule has 112 valence electrons. The lowest BCUT2D eigenvalue weighted by Crippen LogP contribution is -2.44. The summed E-state index contributed by atoms with van der Waals surface area (Å²) in [6.07, 6.45) is 6.40. The molecule has 0 bridgehead atoms. The van der Waals surface area contributed by atoms with E-state index in [0.29, 0.717) is 12.4 Å². The zero-order valence-electron chi connectivity index (χ0n) is 12.6. The molecule has 0 aromatic heterocycles. The molecule has 20 heavy (non-hydrogen) atoms. The van der Waals surface area contributed by atoms with Crippen molar-refractivity contribution in [2.24, 2.45) is 11.8 Å². The van der Waals surface area contributed by atoms with E-state index in [4.69, 9.17) is 7.85 Å². The van der Waals surface area contributed by atoms with Gasteiger partial charge in [0, 0.05) is 25.7 Å². The number of carbonyl (C=O) groups is 1. The minimum atomic E-state index is -0.633. The smallest absolute Gasteiger partial charge is 0.308 e. The summed E-state index contributed by atoms with van der Waals surface area (Å²) >= 11 is 0. The maximum absolute atomic E-state index is 11.4. The van der Waals surface area contributed by atoms with Gasteiger partial charge < -0.3 is 14.9 Å². The van der Waals surface area contributed by atoms with Crippen LogP contribution in [0.15, 0.2) is 0 Å². The number of carboxylic acid groups (broad SMARTS) is 1. The summed E-state index contributed by atoms with van der Waals surface area (Å²) in [6, 6.07) is 0.603. The van der Waals surface area contributed by atoms with Crippen LogP contribution in [0, 0.1) is 11.8 Å². The summed E-state index contributed by atoms with van der Waals surface area (Å²) in [6.45, 7) is 3.85. The molecule has 0 aliphatic carbocycles. The molecule has 0 aromatic rings. The van der Waals surface area contributed by atoms with E-state index in [9.17, 15) is 9.90 Å². The van der Waals surface area contributed by atoms with Crippen LogP contribution in [0.3, 0.4) is 0 Å². The second-order valence-corrected chi connectivity index (χ2v) is 6.48. The second-order valence-electron chi connectivity index (χ2n) is 6.48. The fourth-order valence-electron chi connectivity index (χ4n) is 3.73. The number of nitrogens with zero attached hydrogens (tertiary/aromatic N) is 2. The van der Waals surface area contributed by atoms with Gasteiger partial charge in [-0.05, 0) is 38.8 Å². The van der Waals surface area contributed by atoms with Crippen LogP contribution in [0.4, 0.5) is 0 Å². The van der Waals surface area contributed by atoms with Gasteiger partial charge in [-0.25, -0.2) is 0 Å². The third-order valence-electron chi connectivity index (χ3n) is 5.00. The van der Waals surface area contributed by atoms with Crippen LogP contribution < -0.4 is 0 Å². The van der Waals surface area contributed by atoms with Crippen molar-refractivity contribution in [1.29, 1.82) is 0 Å². The van der Waals surface area contributed by atoms with Crippen LogP contribution in [-0.2, 0) is 4.79 Å².